The van der Waals surface area contributed by atoms with E-state index in [4.69, 9.17) is 4.74 Å². The predicted molar refractivity (Wildman–Crippen MR) is 90.8 cm³/mol. The Labute approximate surface area is 140 Å². The van der Waals surface area contributed by atoms with Crippen molar-refractivity contribution in [1.82, 2.24) is 5.32 Å². The molecule has 0 heterocycles. The highest BCUT2D eigenvalue weighted by Gasteiger charge is 2.18. The van der Waals surface area contributed by atoms with Crippen LogP contribution in [-0.2, 0) is 4.79 Å². The summed E-state index contributed by atoms with van der Waals surface area (Å²) in [6, 6.07) is 15.4. The first-order chi connectivity index (χ1) is 11.5. The summed E-state index contributed by atoms with van der Waals surface area (Å²) in [4.78, 5) is 22.4. The largest absolute Gasteiger partial charge is 0.484 e. The topological polar surface area (TPSA) is 81.5 Å². The predicted octanol–water partition coefficient (Wildman–Crippen LogP) is 3.49. The summed E-state index contributed by atoms with van der Waals surface area (Å²) in [5.41, 5.74) is 0.952. The van der Waals surface area contributed by atoms with E-state index in [9.17, 15) is 14.9 Å². The highest BCUT2D eigenvalue weighted by molar-refractivity contribution is 5.78. The summed E-state index contributed by atoms with van der Waals surface area (Å²) in [6.07, 6.45) is 0. The zero-order valence-electron chi connectivity index (χ0n) is 13.6. The molecule has 0 saturated heterocycles. The number of carbonyl (C=O) groups is 1. The summed E-state index contributed by atoms with van der Waals surface area (Å²) < 4.78 is 5.36. The lowest BCUT2D eigenvalue weighted by molar-refractivity contribution is -0.384. The number of rotatable bonds is 7. The maximum atomic E-state index is 12.2. The lowest BCUT2D eigenvalue weighted by Crippen LogP contribution is -2.35. The fourth-order valence-electron chi connectivity index (χ4n) is 2.35. The number of benzene rings is 2. The van der Waals surface area contributed by atoms with E-state index in [1.54, 1.807) is 6.07 Å². The molecule has 0 spiro atoms. The van der Waals surface area contributed by atoms with Gasteiger partial charge in [-0.25, -0.2) is 0 Å². The van der Waals surface area contributed by atoms with E-state index in [0.717, 1.165) is 5.56 Å². The zero-order chi connectivity index (χ0) is 17.5. The van der Waals surface area contributed by atoms with E-state index in [2.05, 4.69) is 5.32 Å². The van der Waals surface area contributed by atoms with Gasteiger partial charge >= 0.3 is 0 Å². The van der Waals surface area contributed by atoms with Gasteiger partial charge in [0.25, 0.3) is 11.6 Å². The molecule has 24 heavy (non-hydrogen) atoms. The molecule has 0 bridgehead atoms. The molecule has 0 radical (unpaired) electrons. The molecule has 1 amide bonds. The normalized spacial score (nSPS) is 11.8. The Balaban J connectivity index is 1.97. The van der Waals surface area contributed by atoms with Crippen molar-refractivity contribution in [3.05, 3.63) is 70.3 Å². The average molecular weight is 328 g/mol. The Morgan fingerprint density at radius 1 is 1.17 bits per heavy atom. The lowest BCUT2D eigenvalue weighted by atomic mass is 9.96. The number of nitro benzene ring substituents is 1. The third kappa shape index (κ3) is 4.81. The van der Waals surface area contributed by atoms with Crippen LogP contribution in [0.25, 0.3) is 0 Å². The van der Waals surface area contributed by atoms with Gasteiger partial charge in [0, 0.05) is 6.07 Å². The van der Waals surface area contributed by atoms with Gasteiger partial charge in [-0.3, -0.25) is 14.9 Å². The summed E-state index contributed by atoms with van der Waals surface area (Å²) in [7, 11) is 0. The lowest BCUT2D eigenvalue weighted by Gasteiger charge is -2.23. The fourth-order valence-corrected chi connectivity index (χ4v) is 2.35. The van der Waals surface area contributed by atoms with Gasteiger partial charge in [0.2, 0.25) is 0 Å². The molecule has 1 N–H and O–H groups in total. The minimum absolute atomic E-state index is 0.0720. The van der Waals surface area contributed by atoms with Crippen molar-refractivity contribution in [2.75, 3.05) is 6.61 Å². The van der Waals surface area contributed by atoms with E-state index in [0.29, 0.717) is 5.75 Å². The Morgan fingerprint density at radius 3 is 2.50 bits per heavy atom. The van der Waals surface area contributed by atoms with Gasteiger partial charge in [0.1, 0.15) is 5.75 Å². The fraction of sp³-hybridized carbons (Fsp3) is 0.278. The molecule has 0 fully saturated rings. The van der Waals surface area contributed by atoms with Crippen LogP contribution in [-0.4, -0.2) is 17.4 Å². The van der Waals surface area contributed by atoms with E-state index in [-0.39, 0.29) is 30.2 Å². The Morgan fingerprint density at radius 2 is 1.88 bits per heavy atom. The van der Waals surface area contributed by atoms with Crippen LogP contribution in [0.2, 0.25) is 0 Å². The molecular formula is C18H20N2O4. The van der Waals surface area contributed by atoms with Crippen molar-refractivity contribution in [1.29, 1.82) is 0 Å². The SMILES string of the molecule is CC(C)C(NC(=O)COc1cccc([N+](=O)[O-])c1)c1ccccc1. The van der Waals surface area contributed by atoms with Crippen LogP contribution in [0.15, 0.2) is 54.6 Å². The minimum Gasteiger partial charge on any atom is -0.484 e. The van der Waals surface area contributed by atoms with Crippen LogP contribution in [0.4, 0.5) is 5.69 Å². The number of nitro groups is 1. The second-order valence-electron chi connectivity index (χ2n) is 5.74. The summed E-state index contributed by atoms with van der Waals surface area (Å²) in [5, 5.41) is 13.7. The second kappa shape index (κ2) is 8.10. The first-order valence-corrected chi connectivity index (χ1v) is 7.69. The molecule has 126 valence electrons. The van der Waals surface area contributed by atoms with Crippen LogP contribution in [0.3, 0.4) is 0 Å². The number of nitrogens with one attached hydrogen (secondary N) is 1. The average Bonchev–Trinajstić information content (AvgIpc) is 2.58. The van der Waals surface area contributed by atoms with Gasteiger partial charge in [0.15, 0.2) is 6.61 Å². The first kappa shape index (κ1) is 17.5. The summed E-state index contributed by atoms with van der Waals surface area (Å²) >= 11 is 0. The van der Waals surface area contributed by atoms with Crippen LogP contribution in [0.5, 0.6) is 5.75 Å². The molecule has 0 aliphatic carbocycles. The molecule has 0 saturated carbocycles. The van der Waals surface area contributed by atoms with Crippen LogP contribution < -0.4 is 10.1 Å². The van der Waals surface area contributed by atoms with Crippen molar-refractivity contribution >= 4 is 11.6 Å². The first-order valence-electron chi connectivity index (χ1n) is 7.69. The highest BCUT2D eigenvalue weighted by Crippen LogP contribution is 2.22. The van der Waals surface area contributed by atoms with Gasteiger partial charge < -0.3 is 10.1 Å². The maximum absolute atomic E-state index is 12.2. The minimum atomic E-state index is -0.503. The summed E-state index contributed by atoms with van der Waals surface area (Å²) in [6.45, 7) is 3.86. The van der Waals surface area contributed by atoms with E-state index < -0.39 is 4.92 Å². The van der Waals surface area contributed by atoms with Gasteiger partial charge in [-0.05, 0) is 17.5 Å². The Bertz CT molecular complexity index is 701. The zero-order valence-corrected chi connectivity index (χ0v) is 13.6. The molecule has 1 atom stereocenters. The van der Waals surface area contributed by atoms with Crippen molar-refractivity contribution in [2.24, 2.45) is 5.92 Å². The van der Waals surface area contributed by atoms with Gasteiger partial charge in [-0.2, -0.15) is 0 Å². The van der Waals surface area contributed by atoms with Crippen molar-refractivity contribution < 1.29 is 14.5 Å². The van der Waals surface area contributed by atoms with Crippen molar-refractivity contribution in [2.45, 2.75) is 19.9 Å². The van der Waals surface area contributed by atoms with Gasteiger partial charge in [-0.1, -0.05) is 50.2 Å². The molecule has 2 aromatic rings. The number of nitrogens with zero attached hydrogens (tertiary/aromatic N) is 1. The number of carbonyl (C=O) groups excluding carboxylic acids is 1. The highest BCUT2D eigenvalue weighted by atomic mass is 16.6. The van der Waals surface area contributed by atoms with Crippen molar-refractivity contribution in [3.63, 3.8) is 0 Å². The Kier molecular flexibility index (Phi) is 5.89. The number of hydrogen-bond acceptors (Lipinski definition) is 4. The second-order valence-corrected chi connectivity index (χ2v) is 5.74. The smallest absolute Gasteiger partial charge is 0.273 e. The number of hydrogen-bond donors (Lipinski definition) is 1. The van der Waals surface area contributed by atoms with Gasteiger partial charge in [-0.15, -0.1) is 0 Å². The van der Waals surface area contributed by atoms with E-state index in [1.165, 1.54) is 18.2 Å². The number of amides is 1. The third-order valence-corrected chi connectivity index (χ3v) is 3.54. The molecule has 0 aliphatic rings. The molecular weight excluding hydrogens is 308 g/mol. The monoisotopic (exact) mass is 328 g/mol. The van der Waals surface area contributed by atoms with E-state index >= 15 is 0 Å². The number of non-ortho nitro benzene ring substituents is 1. The van der Waals surface area contributed by atoms with Crippen molar-refractivity contribution in [3.8, 4) is 5.75 Å². The molecule has 0 aromatic heterocycles. The van der Waals surface area contributed by atoms with Crippen LogP contribution >= 0.6 is 0 Å². The van der Waals surface area contributed by atoms with Crippen LogP contribution in [0, 0.1) is 16.0 Å². The summed E-state index contributed by atoms with van der Waals surface area (Å²) in [5.74, 6) is 0.235. The molecule has 6 heteroatoms. The maximum Gasteiger partial charge on any atom is 0.273 e. The quantitative estimate of drug-likeness (QED) is 0.623. The third-order valence-electron chi connectivity index (χ3n) is 3.54. The molecule has 1 unspecified atom stereocenters. The molecule has 6 nitrogen and oxygen atoms in total. The van der Waals surface area contributed by atoms with Gasteiger partial charge in [0.05, 0.1) is 17.0 Å². The molecule has 0 aliphatic heterocycles. The standard InChI is InChI=1S/C18H20N2O4/c1-13(2)18(14-7-4-3-5-8-14)19-17(21)12-24-16-10-6-9-15(11-16)20(22)23/h3-11,13,18H,12H2,1-2H3,(H,19,21). The molecule has 2 aromatic carbocycles. The Hall–Kier alpha value is -2.89. The molecule has 2 rings (SSSR count). The van der Waals surface area contributed by atoms with E-state index in [1.807, 2.05) is 44.2 Å². The van der Waals surface area contributed by atoms with Crippen LogP contribution in [0.1, 0.15) is 25.5 Å². The number of ether oxygens (including phenoxy) is 1.